The Morgan fingerprint density at radius 1 is 0.696 bits per heavy atom. The summed E-state index contributed by atoms with van der Waals surface area (Å²) >= 11 is 0. The molecule has 1 atom stereocenters. The highest BCUT2D eigenvalue weighted by Gasteiger charge is 2.11. The summed E-state index contributed by atoms with van der Waals surface area (Å²) in [6.45, 7) is 6.02. The summed E-state index contributed by atoms with van der Waals surface area (Å²) in [6, 6.07) is 23.3. The van der Waals surface area contributed by atoms with E-state index in [1.54, 1.807) is 0 Å². The maximum absolute atomic E-state index is 9.96. The summed E-state index contributed by atoms with van der Waals surface area (Å²) in [5.74, 6) is 0. The largest absolute Gasteiger partial charge is 0.389 e. The molecule has 0 fully saturated rings. The molecule has 0 saturated heterocycles. The number of hydrogen-bond donors (Lipinski definition) is 1. The molecule has 1 nitrogen and oxygen atoms in total. The fourth-order valence-corrected chi connectivity index (χ4v) is 2.94. The number of hydrogen-bond acceptors (Lipinski definition) is 1. The standard InChI is InChI=1S/C22H22O/c1-15-6-4-8-19(12-15)21-11-10-18(17(3)23)14-22(21)20-9-5-7-16(2)13-20/h4-14,17,23H,1-3H3/t17-/m0/s1. The third kappa shape index (κ3) is 3.35. The topological polar surface area (TPSA) is 20.2 Å². The van der Waals surface area contributed by atoms with Crippen LogP contribution >= 0.6 is 0 Å². The molecule has 3 aromatic carbocycles. The summed E-state index contributed by atoms with van der Waals surface area (Å²) < 4.78 is 0. The van der Waals surface area contributed by atoms with Crippen molar-refractivity contribution in [1.29, 1.82) is 0 Å². The number of aryl methyl sites for hydroxylation is 2. The van der Waals surface area contributed by atoms with Crippen LogP contribution in [0.3, 0.4) is 0 Å². The fraction of sp³-hybridized carbons (Fsp3) is 0.182. The Kier molecular flexibility index (Phi) is 4.31. The number of rotatable bonds is 3. The van der Waals surface area contributed by atoms with E-state index in [0.29, 0.717) is 0 Å². The molecule has 0 heterocycles. The molecule has 0 unspecified atom stereocenters. The lowest BCUT2D eigenvalue weighted by atomic mass is 9.91. The third-order valence-corrected chi connectivity index (χ3v) is 4.18. The average Bonchev–Trinajstić information content (AvgIpc) is 2.54. The van der Waals surface area contributed by atoms with Crippen LogP contribution in [0.5, 0.6) is 0 Å². The molecule has 3 aromatic rings. The zero-order chi connectivity index (χ0) is 16.4. The minimum Gasteiger partial charge on any atom is -0.389 e. The Labute approximate surface area is 138 Å². The van der Waals surface area contributed by atoms with Crippen molar-refractivity contribution in [2.45, 2.75) is 26.9 Å². The lowest BCUT2D eigenvalue weighted by molar-refractivity contribution is 0.199. The van der Waals surface area contributed by atoms with Gasteiger partial charge in [0, 0.05) is 0 Å². The first-order valence-electron chi connectivity index (χ1n) is 8.00. The molecule has 0 aliphatic rings. The number of benzene rings is 3. The molecule has 1 N–H and O–H groups in total. The molecule has 0 aromatic heterocycles. The third-order valence-electron chi connectivity index (χ3n) is 4.18. The summed E-state index contributed by atoms with van der Waals surface area (Å²) in [5, 5.41) is 9.96. The number of aliphatic hydroxyl groups excluding tert-OH is 1. The van der Waals surface area contributed by atoms with Gasteiger partial charge in [-0.25, -0.2) is 0 Å². The molecule has 3 rings (SSSR count). The van der Waals surface area contributed by atoms with Crippen molar-refractivity contribution in [1.82, 2.24) is 0 Å². The molecule has 23 heavy (non-hydrogen) atoms. The van der Waals surface area contributed by atoms with Gasteiger partial charge >= 0.3 is 0 Å². The van der Waals surface area contributed by atoms with E-state index in [0.717, 1.165) is 11.1 Å². The van der Waals surface area contributed by atoms with Crippen LogP contribution in [0.2, 0.25) is 0 Å². The highest BCUT2D eigenvalue weighted by Crippen LogP contribution is 2.35. The van der Waals surface area contributed by atoms with Crippen LogP contribution in [-0.4, -0.2) is 5.11 Å². The highest BCUT2D eigenvalue weighted by atomic mass is 16.3. The Morgan fingerprint density at radius 3 is 1.78 bits per heavy atom. The molecular formula is C22H22O. The van der Waals surface area contributed by atoms with Crippen LogP contribution in [0.4, 0.5) is 0 Å². The summed E-state index contributed by atoms with van der Waals surface area (Å²) in [7, 11) is 0. The van der Waals surface area contributed by atoms with Gasteiger partial charge in [0.2, 0.25) is 0 Å². The van der Waals surface area contributed by atoms with Crippen LogP contribution in [0.1, 0.15) is 29.7 Å². The molecule has 0 amide bonds. The zero-order valence-corrected chi connectivity index (χ0v) is 13.9. The van der Waals surface area contributed by atoms with Gasteiger partial charge in [0.15, 0.2) is 0 Å². The van der Waals surface area contributed by atoms with Crippen molar-refractivity contribution in [3.63, 3.8) is 0 Å². The van der Waals surface area contributed by atoms with E-state index < -0.39 is 6.10 Å². The monoisotopic (exact) mass is 302 g/mol. The molecule has 0 aliphatic heterocycles. The molecule has 0 aliphatic carbocycles. The molecule has 0 bridgehead atoms. The fourth-order valence-electron chi connectivity index (χ4n) is 2.94. The smallest absolute Gasteiger partial charge is 0.0762 e. The molecule has 0 radical (unpaired) electrons. The highest BCUT2D eigenvalue weighted by molar-refractivity contribution is 5.84. The van der Waals surface area contributed by atoms with Crippen LogP contribution in [0, 0.1) is 13.8 Å². The molecular weight excluding hydrogens is 280 g/mol. The molecule has 116 valence electrons. The molecule has 1 heteroatoms. The van der Waals surface area contributed by atoms with E-state index >= 15 is 0 Å². The summed E-state index contributed by atoms with van der Waals surface area (Å²) in [4.78, 5) is 0. The van der Waals surface area contributed by atoms with Gasteiger partial charge in [-0.15, -0.1) is 0 Å². The van der Waals surface area contributed by atoms with Gasteiger partial charge in [-0.05, 0) is 54.7 Å². The lowest BCUT2D eigenvalue weighted by Gasteiger charge is -2.15. The van der Waals surface area contributed by atoms with Gasteiger partial charge in [0.25, 0.3) is 0 Å². The Hall–Kier alpha value is -2.38. The predicted molar refractivity (Wildman–Crippen MR) is 97.4 cm³/mol. The van der Waals surface area contributed by atoms with Crippen molar-refractivity contribution < 1.29 is 5.11 Å². The van der Waals surface area contributed by atoms with E-state index in [-0.39, 0.29) is 0 Å². The van der Waals surface area contributed by atoms with E-state index in [4.69, 9.17) is 0 Å². The van der Waals surface area contributed by atoms with E-state index in [1.807, 2.05) is 13.0 Å². The summed E-state index contributed by atoms with van der Waals surface area (Å²) in [6.07, 6.45) is -0.467. The maximum Gasteiger partial charge on any atom is 0.0762 e. The van der Waals surface area contributed by atoms with Gasteiger partial charge in [-0.1, -0.05) is 71.8 Å². The van der Waals surface area contributed by atoms with Crippen LogP contribution in [-0.2, 0) is 0 Å². The maximum atomic E-state index is 9.96. The first-order valence-corrected chi connectivity index (χ1v) is 8.00. The minimum absolute atomic E-state index is 0.467. The van der Waals surface area contributed by atoms with Crippen LogP contribution in [0.15, 0.2) is 66.7 Å². The van der Waals surface area contributed by atoms with Gasteiger partial charge in [-0.2, -0.15) is 0 Å². The second-order valence-electron chi connectivity index (χ2n) is 6.22. The van der Waals surface area contributed by atoms with E-state index in [9.17, 15) is 5.11 Å². The number of aliphatic hydroxyl groups is 1. The van der Waals surface area contributed by atoms with Gasteiger partial charge in [0.1, 0.15) is 0 Å². The first-order chi connectivity index (χ1) is 11.0. The van der Waals surface area contributed by atoms with Crippen molar-refractivity contribution in [3.05, 3.63) is 83.4 Å². The van der Waals surface area contributed by atoms with E-state index in [1.165, 1.54) is 27.8 Å². The van der Waals surface area contributed by atoms with Crippen molar-refractivity contribution in [2.75, 3.05) is 0 Å². The van der Waals surface area contributed by atoms with Crippen LogP contribution < -0.4 is 0 Å². The predicted octanol–water partition coefficient (Wildman–Crippen LogP) is 5.69. The first kappa shape index (κ1) is 15.5. The van der Waals surface area contributed by atoms with Gasteiger partial charge in [0.05, 0.1) is 6.10 Å². The second-order valence-corrected chi connectivity index (χ2v) is 6.22. The average molecular weight is 302 g/mol. The summed E-state index contributed by atoms with van der Waals surface area (Å²) in [5.41, 5.74) is 8.18. The minimum atomic E-state index is -0.467. The Balaban J connectivity index is 2.23. The Bertz CT molecular complexity index is 831. The molecule has 0 spiro atoms. The Morgan fingerprint density at radius 2 is 1.26 bits per heavy atom. The van der Waals surface area contributed by atoms with Crippen LogP contribution in [0.25, 0.3) is 22.3 Å². The SMILES string of the molecule is Cc1cccc(-c2ccc([C@H](C)O)cc2-c2cccc(C)c2)c1. The second kappa shape index (κ2) is 6.39. The zero-order valence-electron chi connectivity index (χ0n) is 13.9. The molecule has 0 saturated carbocycles. The van der Waals surface area contributed by atoms with Crippen molar-refractivity contribution in [3.8, 4) is 22.3 Å². The lowest BCUT2D eigenvalue weighted by Crippen LogP contribution is -1.94. The van der Waals surface area contributed by atoms with Crippen molar-refractivity contribution >= 4 is 0 Å². The van der Waals surface area contributed by atoms with E-state index in [2.05, 4.69) is 74.5 Å². The van der Waals surface area contributed by atoms with Crippen molar-refractivity contribution in [2.24, 2.45) is 0 Å². The van der Waals surface area contributed by atoms with Gasteiger partial charge in [-0.3, -0.25) is 0 Å². The quantitative estimate of drug-likeness (QED) is 0.659. The normalized spacial score (nSPS) is 12.2. The van der Waals surface area contributed by atoms with Gasteiger partial charge < -0.3 is 5.11 Å².